The van der Waals surface area contributed by atoms with Gasteiger partial charge in [0.25, 0.3) is 5.56 Å². The monoisotopic (exact) mass is 1110 g/mol. The Morgan fingerprint density at radius 2 is 1.40 bits per heavy atom. The highest BCUT2D eigenvalue weighted by atomic mass is 33.1. The molecule has 2 aromatic heterocycles. The maximum atomic E-state index is 13.8. The van der Waals surface area contributed by atoms with Gasteiger partial charge in [-0.3, -0.25) is 33.6 Å². The van der Waals surface area contributed by atoms with Crippen LogP contribution in [0.3, 0.4) is 0 Å². The van der Waals surface area contributed by atoms with E-state index in [-0.39, 0.29) is 61.7 Å². The number of para-hydroxylation sites is 1. The van der Waals surface area contributed by atoms with Crippen molar-refractivity contribution in [2.45, 2.75) is 88.5 Å². The minimum atomic E-state index is -2.02. The summed E-state index contributed by atoms with van der Waals surface area (Å²) in [6.07, 6.45) is -2.22. The molecular formula is C53H56N8O15S2. The van der Waals surface area contributed by atoms with Crippen molar-refractivity contribution in [2.75, 3.05) is 24.7 Å². The van der Waals surface area contributed by atoms with E-state index in [1.165, 1.54) is 11.5 Å². The Morgan fingerprint density at radius 3 is 2.04 bits per heavy atom. The van der Waals surface area contributed by atoms with Gasteiger partial charge in [0, 0.05) is 54.3 Å². The van der Waals surface area contributed by atoms with Crippen LogP contribution in [-0.4, -0.2) is 128 Å². The predicted octanol–water partition coefficient (Wildman–Crippen LogP) is 2.07. The Labute approximate surface area is 453 Å². The fourth-order valence-corrected chi connectivity index (χ4v) is 10.7. The van der Waals surface area contributed by atoms with Crippen molar-refractivity contribution in [3.8, 4) is 11.4 Å². The first-order valence-corrected chi connectivity index (χ1v) is 27.0. The van der Waals surface area contributed by atoms with Gasteiger partial charge in [0.15, 0.2) is 0 Å². The number of fused-ring (bicyclic) bond motifs is 5. The Hall–Kier alpha value is -8.29. The minimum Gasteiger partial charge on any atom is -0.481 e. The van der Waals surface area contributed by atoms with Crippen LogP contribution in [-0.2, 0) is 84.2 Å². The van der Waals surface area contributed by atoms with Crippen LogP contribution in [0.4, 0.5) is 4.79 Å². The zero-order chi connectivity index (χ0) is 56.1. The molecule has 9 N–H and O–H groups in total. The highest BCUT2D eigenvalue weighted by molar-refractivity contribution is 8.76. The van der Waals surface area contributed by atoms with Crippen LogP contribution in [0.2, 0.25) is 0 Å². The largest absolute Gasteiger partial charge is 0.509 e. The maximum Gasteiger partial charge on any atom is 0.509 e. The molecule has 0 bridgehead atoms. The molecule has 0 saturated carbocycles. The van der Waals surface area contributed by atoms with Gasteiger partial charge < -0.3 is 61.3 Å². The van der Waals surface area contributed by atoms with Crippen LogP contribution in [0, 0.1) is 0 Å². The number of carbonyl (C=O) groups excluding carboxylic acids is 7. The molecule has 2 aliphatic heterocycles. The second-order valence-electron chi connectivity index (χ2n) is 18.2. The van der Waals surface area contributed by atoms with Crippen LogP contribution in [0.25, 0.3) is 22.3 Å². The van der Waals surface area contributed by atoms with Gasteiger partial charge >= 0.3 is 24.1 Å². The Bertz CT molecular complexity index is 3160. The van der Waals surface area contributed by atoms with Crippen molar-refractivity contribution in [3.63, 3.8) is 0 Å². The third kappa shape index (κ3) is 14.2. The van der Waals surface area contributed by atoms with Gasteiger partial charge in [-0.15, -0.1) is 0 Å². The van der Waals surface area contributed by atoms with Crippen LogP contribution < -0.4 is 37.9 Å². The standard InChI is InChI=1S/C53H56N8O15S2/c1-3-53(35-23-42-44-33(22-32-16-10-11-17-37(32)57-44)26-61(42)49(69)34(35)27-75-51(53)72)76-52(73)74-18-19-77-78-28-41(50(70)71)60-48(68)40(24-43(63)64)58-45(65)36(54)25-55-46(66)38(20-30-12-6-4-7-13-30)59-47(67)39(56-29(2)62)21-31-14-8-5-9-15-31/h4-17,22-23,36,38-41H,3,18-21,24-28,54H2,1-2H3,(H,55,66)(H,56,62)(H,58,65)(H,59,67)(H,60,68)(H,63,64)(H,70,71)/t36-,38-,39?,40-,41-,53-/m0/s1. The number of pyridine rings is 2. The third-order valence-corrected chi connectivity index (χ3v) is 15.1. The minimum absolute atomic E-state index is 0.00239. The molecule has 6 atom stereocenters. The lowest BCUT2D eigenvalue weighted by atomic mass is 9.85. The first kappa shape index (κ1) is 57.4. The van der Waals surface area contributed by atoms with Crippen molar-refractivity contribution in [1.82, 2.24) is 36.1 Å². The smallest absolute Gasteiger partial charge is 0.481 e. The van der Waals surface area contributed by atoms with Crippen molar-refractivity contribution >= 4 is 86.1 Å². The van der Waals surface area contributed by atoms with Crippen LogP contribution in [0.5, 0.6) is 0 Å². The molecule has 2 aliphatic rings. The predicted molar refractivity (Wildman–Crippen MR) is 284 cm³/mol. The lowest BCUT2D eigenvalue weighted by molar-refractivity contribution is -0.175. The Balaban J connectivity index is 0.896. The third-order valence-electron chi connectivity index (χ3n) is 12.7. The van der Waals surface area contributed by atoms with Gasteiger partial charge in [-0.2, -0.15) is 0 Å². The number of hydrogen-bond acceptors (Lipinski definition) is 17. The fraction of sp³-hybridized carbons (Fsp3) is 0.340. The van der Waals surface area contributed by atoms with Gasteiger partial charge in [0.2, 0.25) is 35.1 Å². The fourth-order valence-electron chi connectivity index (χ4n) is 8.76. The van der Waals surface area contributed by atoms with Crippen LogP contribution >= 0.6 is 21.6 Å². The normalized spacial score (nSPS) is 16.0. The number of aliphatic carboxylic acids is 2. The number of ether oxygens (including phenoxy) is 3. The van der Waals surface area contributed by atoms with Crippen molar-refractivity contribution in [1.29, 1.82) is 0 Å². The first-order valence-electron chi connectivity index (χ1n) is 24.5. The highest BCUT2D eigenvalue weighted by Gasteiger charge is 2.51. The molecule has 0 fully saturated rings. The van der Waals surface area contributed by atoms with Gasteiger partial charge in [-0.05, 0) is 35.7 Å². The number of benzene rings is 3. The average Bonchev–Trinajstić information content (AvgIpc) is 4.02. The van der Waals surface area contributed by atoms with Crippen molar-refractivity contribution < 1.29 is 67.6 Å². The van der Waals surface area contributed by atoms with E-state index in [4.69, 9.17) is 24.9 Å². The zero-order valence-electron chi connectivity index (χ0n) is 42.2. The van der Waals surface area contributed by atoms with E-state index in [1.54, 1.807) is 73.7 Å². The average molecular weight is 1110 g/mol. The summed E-state index contributed by atoms with van der Waals surface area (Å²) in [5, 5.41) is 32.6. The lowest BCUT2D eigenvalue weighted by Gasteiger charge is -2.35. The lowest BCUT2D eigenvalue weighted by Crippen LogP contribution is -2.58. The van der Waals surface area contributed by atoms with Gasteiger partial charge in [-0.25, -0.2) is 19.4 Å². The summed E-state index contributed by atoms with van der Waals surface area (Å²) < 4.78 is 17.9. The molecule has 0 saturated heterocycles. The van der Waals surface area contributed by atoms with Crippen molar-refractivity contribution in [3.05, 3.63) is 135 Å². The highest BCUT2D eigenvalue weighted by Crippen LogP contribution is 2.41. The molecular weight excluding hydrogens is 1050 g/mol. The van der Waals surface area contributed by atoms with E-state index in [0.29, 0.717) is 22.5 Å². The zero-order valence-corrected chi connectivity index (χ0v) is 43.8. The van der Waals surface area contributed by atoms with E-state index < -0.39 is 108 Å². The number of aromatic nitrogens is 2. The number of rotatable bonds is 25. The molecule has 5 amide bonds. The quantitative estimate of drug-likeness (QED) is 0.0231. The Morgan fingerprint density at radius 1 is 0.782 bits per heavy atom. The summed E-state index contributed by atoms with van der Waals surface area (Å²) in [5.74, 6) is -8.30. The second-order valence-corrected chi connectivity index (χ2v) is 20.8. The molecule has 1 unspecified atom stereocenters. The number of esters is 1. The topological polar surface area (TPSA) is 343 Å². The number of cyclic esters (lactones) is 1. The summed E-state index contributed by atoms with van der Waals surface area (Å²) in [5.41, 5.74) is 7.84. The van der Waals surface area contributed by atoms with E-state index in [9.17, 15) is 58.2 Å². The van der Waals surface area contributed by atoms with Gasteiger partial charge in [0.1, 0.15) is 43.4 Å². The molecule has 0 aliphatic carbocycles. The van der Waals surface area contributed by atoms with Crippen LogP contribution in [0.15, 0.2) is 102 Å². The number of amides is 5. The maximum absolute atomic E-state index is 13.8. The SMILES string of the molecule is CC[C@@]1(OC(=O)OCCSSC[C@H](NC(=O)[C@H](CC(=O)O)NC(=O)[C@@H](N)CNC(=O)[C@H](Cc2ccccc2)NC(=O)C(Cc2ccccc2)NC(C)=O)C(=O)O)C(=O)OCc2c1cc1n(c2=O)Cc2cc3ccccc3nc2-1. The molecule has 25 heteroatoms. The summed E-state index contributed by atoms with van der Waals surface area (Å²) in [4.78, 5) is 135. The summed E-state index contributed by atoms with van der Waals surface area (Å²) >= 11 is 0. The van der Waals surface area contributed by atoms with E-state index in [0.717, 1.165) is 38.1 Å². The van der Waals surface area contributed by atoms with Crippen molar-refractivity contribution in [2.24, 2.45) is 5.73 Å². The molecule has 23 nitrogen and oxygen atoms in total. The number of carboxylic acid groups (broad SMARTS) is 2. The van der Waals surface area contributed by atoms with E-state index in [2.05, 4.69) is 26.6 Å². The molecule has 4 heterocycles. The molecule has 410 valence electrons. The van der Waals surface area contributed by atoms with E-state index in [1.807, 2.05) is 30.3 Å². The second kappa shape index (κ2) is 26.2. The molecule has 0 radical (unpaired) electrons. The van der Waals surface area contributed by atoms with Crippen LogP contribution in [0.1, 0.15) is 54.5 Å². The number of nitrogens with two attached hydrogens (primary N) is 1. The molecule has 0 spiro atoms. The van der Waals surface area contributed by atoms with E-state index >= 15 is 0 Å². The number of carbonyl (C=O) groups is 9. The van der Waals surface area contributed by atoms with Gasteiger partial charge in [-0.1, -0.05) is 107 Å². The molecule has 3 aromatic carbocycles. The number of nitrogens with one attached hydrogen (secondary N) is 5. The number of nitrogens with zero attached hydrogens (tertiary/aromatic N) is 2. The number of carboxylic acids is 2. The summed E-state index contributed by atoms with van der Waals surface area (Å²) in [6.45, 7) is 1.91. The Kier molecular flexibility index (Phi) is 19.3. The summed E-state index contributed by atoms with van der Waals surface area (Å²) in [7, 11) is 1.99. The van der Waals surface area contributed by atoms with Gasteiger partial charge in [0.05, 0.1) is 35.4 Å². The summed E-state index contributed by atoms with van der Waals surface area (Å²) in [6, 6.07) is 21.4. The molecule has 5 aromatic rings. The molecule has 78 heavy (non-hydrogen) atoms. The first-order chi connectivity index (χ1) is 37.4. The molecule has 7 rings (SSSR count). The number of hydrogen-bond donors (Lipinski definition) is 8.